The molecule has 3 aromatic rings. The summed E-state index contributed by atoms with van der Waals surface area (Å²) in [5.41, 5.74) is 2.49. The normalized spacial score (nSPS) is 11.0. The lowest BCUT2D eigenvalue weighted by molar-refractivity contribution is 0.476. The van der Waals surface area contributed by atoms with E-state index < -0.39 is 0 Å². The number of hydrogen-bond acceptors (Lipinski definition) is 2. The van der Waals surface area contributed by atoms with Crippen LogP contribution in [0.25, 0.3) is 11.1 Å². The second-order valence-corrected chi connectivity index (χ2v) is 4.42. The van der Waals surface area contributed by atoms with E-state index in [2.05, 4.69) is 5.10 Å². The highest BCUT2D eigenvalue weighted by atomic mass is 16.3. The number of aromatic nitrogens is 1. The lowest BCUT2D eigenvalue weighted by Crippen LogP contribution is -1.89. The molecule has 0 atom stereocenters. The van der Waals surface area contributed by atoms with Gasteiger partial charge in [-0.15, -0.1) is 0 Å². The molecule has 0 unspecified atom stereocenters. The van der Waals surface area contributed by atoms with Crippen molar-refractivity contribution in [3.8, 4) is 16.9 Å². The first-order valence-corrected chi connectivity index (χ1v) is 6.39. The van der Waals surface area contributed by atoms with Crippen LogP contribution in [0.5, 0.6) is 5.75 Å². The summed E-state index contributed by atoms with van der Waals surface area (Å²) in [6.45, 7) is 0. The zero-order valence-electron chi connectivity index (χ0n) is 10.8. The molecule has 0 aliphatic heterocycles. The van der Waals surface area contributed by atoms with Crippen molar-refractivity contribution in [1.29, 1.82) is 0 Å². The standard InChI is InChI=1S/C17H14N2O/c20-17-15(13-18-19-11-4-5-12-19)9-6-10-16(17)14-7-2-1-3-8-14/h1-13,20H. The van der Waals surface area contributed by atoms with Crippen LogP contribution in [-0.2, 0) is 0 Å². The molecule has 0 saturated heterocycles. The van der Waals surface area contributed by atoms with E-state index >= 15 is 0 Å². The van der Waals surface area contributed by atoms with Crippen LogP contribution in [0.3, 0.4) is 0 Å². The van der Waals surface area contributed by atoms with Crippen LogP contribution in [-0.4, -0.2) is 16.0 Å². The van der Waals surface area contributed by atoms with Gasteiger partial charge in [-0.05, 0) is 23.8 Å². The summed E-state index contributed by atoms with van der Waals surface area (Å²) in [4.78, 5) is 0. The topological polar surface area (TPSA) is 37.5 Å². The minimum atomic E-state index is 0.245. The first-order chi connectivity index (χ1) is 9.84. The zero-order chi connectivity index (χ0) is 13.8. The van der Waals surface area contributed by atoms with Crippen LogP contribution in [0.2, 0.25) is 0 Å². The fourth-order valence-corrected chi connectivity index (χ4v) is 2.05. The minimum absolute atomic E-state index is 0.245. The maximum Gasteiger partial charge on any atom is 0.132 e. The van der Waals surface area contributed by atoms with Crippen LogP contribution in [0.15, 0.2) is 78.2 Å². The molecule has 0 aliphatic carbocycles. The Balaban J connectivity index is 1.98. The van der Waals surface area contributed by atoms with Crippen molar-refractivity contribution in [2.45, 2.75) is 0 Å². The van der Waals surface area contributed by atoms with Crippen LogP contribution in [0.4, 0.5) is 0 Å². The second kappa shape index (κ2) is 5.45. The van der Waals surface area contributed by atoms with Gasteiger partial charge >= 0.3 is 0 Å². The molecule has 0 aliphatic rings. The average molecular weight is 262 g/mol. The number of phenols is 1. The molecule has 3 heteroatoms. The zero-order valence-corrected chi connectivity index (χ0v) is 10.8. The van der Waals surface area contributed by atoms with Gasteiger partial charge in [-0.3, -0.25) is 0 Å². The summed E-state index contributed by atoms with van der Waals surface area (Å²) in [7, 11) is 0. The van der Waals surface area contributed by atoms with E-state index in [1.165, 1.54) is 0 Å². The van der Waals surface area contributed by atoms with Gasteiger partial charge < -0.3 is 5.11 Å². The van der Waals surface area contributed by atoms with E-state index in [-0.39, 0.29) is 5.75 Å². The van der Waals surface area contributed by atoms with Gasteiger partial charge in [0, 0.05) is 23.5 Å². The van der Waals surface area contributed by atoms with Crippen LogP contribution in [0.1, 0.15) is 5.56 Å². The average Bonchev–Trinajstić information content (AvgIpc) is 3.00. The number of hydrogen-bond donors (Lipinski definition) is 1. The number of nitrogens with zero attached hydrogens (tertiary/aromatic N) is 2. The molecule has 0 spiro atoms. The predicted octanol–water partition coefficient (Wildman–Crippen LogP) is 3.74. The van der Waals surface area contributed by atoms with Crippen molar-refractivity contribution < 1.29 is 5.11 Å². The fraction of sp³-hybridized carbons (Fsp3) is 0. The van der Waals surface area contributed by atoms with Crippen LogP contribution in [0, 0.1) is 0 Å². The molecule has 1 heterocycles. The summed E-state index contributed by atoms with van der Waals surface area (Å²) in [5.74, 6) is 0.245. The molecule has 98 valence electrons. The third-order valence-electron chi connectivity index (χ3n) is 3.07. The Morgan fingerprint density at radius 3 is 2.35 bits per heavy atom. The Bertz CT molecular complexity index is 716. The molecule has 20 heavy (non-hydrogen) atoms. The lowest BCUT2D eigenvalue weighted by atomic mass is 10.0. The summed E-state index contributed by atoms with van der Waals surface area (Å²) in [6.07, 6.45) is 5.34. The third-order valence-corrected chi connectivity index (χ3v) is 3.07. The molecule has 0 fully saturated rings. The Kier molecular flexibility index (Phi) is 3.33. The molecule has 0 amide bonds. The van der Waals surface area contributed by atoms with Crippen molar-refractivity contribution >= 4 is 6.21 Å². The van der Waals surface area contributed by atoms with Crippen LogP contribution >= 0.6 is 0 Å². The molecule has 3 rings (SSSR count). The maximum absolute atomic E-state index is 10.4. The summed E-state index contributed by atoms with van der Waals surface area (Å²) in [6, 6.07) is 19.3. The number of phenolic OH excluding ortho intramolecular Hbond substituents is 1. The van der Waals surface area contributed by atoms with Crippen LogP contribution < -0.4 is 0 Å². The van der Waals surface area contributed by atoms with Gasteiger partial charge in [0.25, 0.3) is 0 Å². The molecule has 0 radical (unpaired) electrons. The minimum Gasteiger partial charge on any atom is -0.507 e. The van der Waals surface area contributed by atoms with E-state index in [0.717, 1.165) is 11.1 Å². The Hall–Kier alpha value is -2.81. The number of para-hydroxylation sites is 1. The van der Waals surface area contributed by atoms with Crippen molar-refractivity contribution in [2.75, 3.05) is 0 Å². The third kappa shape index (κ3) is 2.47. The van der Waals surface area contributed by atoms with Gasteiger partial charge in [-0.1, -0.05) is 42.5 Å². The quantitative estimate of drug-likeness (QED) is 0.717. The maximum atomic E-state index is 10.4. The molecular weight excluding hydrogens is 248 g/mol. The highest BCUT2D eigenvalue weighted by Crippen LogP contribution is 2.31. The largest absolute Gasteiger partial charge is 0.507 e. The monoisotopic (exact) mass is 262 g/mol. The van der Waals surface area contributed by atoms with Crippen molar-refractivity contribution in [3.05, 3.63) is 78.6 Å². The lowest BCUT2D eigenvalue weighted by Gasteiger charge is -2.07. The summed E-state index contributed by atoms with van der Waals surface area (Å²) >= 11 is 0. The first kappa shape index (κ1) is 12.2. The molecule has 1 aromatic heterocycles. The van der Waals surface area contributed by atoms with Gasteiger partial charge in [0.15, 0.2) is 0 Å². The molecule has 2 aromatic carbocycles. The van der Waals surface area contributed by atoms with Gasteiger partial charge in [-0.2, -0.15) is 5.10 Å². The number of benzene rings is 2. The van der Waals surface area contributed by atoms with E-state index in [1.54, 1.807) is 10.9 Å². The summed E-state index contributed by atoms with van der Waals surface area (Å²) < 4.78 is 1.69. The summed E-state index contributed by atoms with van der Waals surface area (Å²) in [5, 5.41) is 14.6. The SMILES string of the molecule is Oc1c(C=Nn2cccc2)cccc1-c1ccccc1. The predicted molar refractivity (Wildman–Crippen MR) is 81.0 cm³/mol. The first-order valence-electron chi connectivity index (χ1n) is 6.39. The molecule has 0 bridgehead atoms. The van der Waals surface area contributed by atoms with Gasteiger partial charge in [0.05, 0.1) is 6.21 Å². The smallest absolute Gasteiger partial charge is 0.132 e. The van der Waals surface area contributed by atoms with E-state index in [9.17, 15) is 5.11 Å². The van der Waals surface area contributed by atoms with E-state index in [1.807, 2.05) is 73.1 Å². The Morgan fingerprint density at radius 1 is 0.850 bits per heavy atom. The Morgan fingerprint density at radius 2 is 1.60 bits per heavy atom. The van der Waals surface area contributed by atoms with E-state index in [4.69, 9.17) is 0 Å². The molecule has 3 nitrogen and oxygen atoms in total. The van der Waals surface area contributed by atoms with Gasteiger partial charge in [-0.25, -0.2) is 4.68 Å². The van der Waals surface area contributed by atoms with E-state index in [0.29, 0.717) is 5.56 Å². The number of aromatic hydroxyl groups is 1. The van der Waals surface area contributed by atoms with Gasteiger partial charge in [0.2, 0.25) is 0 Å². The fourth-order valence-electron chi connectivity index (χ4n) is 2.05. The Labute approximate surface area is 117 Å². The molecule has 0 saturated carbocycles. The number of rotatable bonds is 3. The van der Waals surface area contributed by atoms with Crippen molar-refractivity contribution in [1.82, 2.24) is 4.68 Å². The highest BCUT2D eigenvalue weighted by molar-refractivity contribution is 5.88. The second-order valence-electron chi connectivity index (χ2n) is 4.42. The van der Waals surface area contributed by atoms with Gasteiger partial charge in [0.1, 0.15) is 5.75 Å². The highest BCUT2D eigenvalue weighted by Gasteiger charge is 2.06. The van der Waals surface area contributed by atoms with Crippen molar-refractivity contribution in [3.63, 3.8) is 0 Å². The molecule has 1 N–H and O–H groups in total. The molecular formula is C17H14N2O. The van der Waals surface area contributed by atoms with Crippen molar-refractivity contribution in [2.24, 2.45) is 5.10 Å².